The van der Waals surface area contributed by atoms with E-state index in [2.05, 4.69) is 12.2 Å². The lowest BCUT2D eigenvalue weighted by Crippen LogP contribution is -2.50. The fourth-order valence-corrected chi connectivity index (χ4v) is 2.66. The summed E-state index contributed by atoms with van der Waals surface area (Å²) in [6.45, 7) is 3.36. The number of ether oxygens (including phenoxy) is 1. The largest absolute Gasteiger partial charge is 0.377 e. The van der Waals surface area contributed by atoms with Crippen LogP contribution < -0.4 is 5.32 Å². The Morgan fingerprint density at radius 1 is 1.40 bits per heavy atom. The van der Waals surface area contributed by atoms with Gasteiger partial charge in [0.1, 0.15) is 0 Å². The van der Waals surface area contributed by atoms with E-state index in [1.807, 2.05) is 7.11 Å². The predicted octanol–water partition coefficient (Wildman–Crippen LogP) is 2.72. The lowest BCUT2D eigenvalue weighted by molar-refractivity contribution is -0.0713. The molecule has 0 spiro atoms. The van der Waals surface area contributed by atoms with Crippen LogP contribution in [0.3, 0.4) is 0 Å². The normalized spacial score (nSPS) is 26.0. The van der Waals surface area contributed by atoms with Gasteiger partial charge in [0.2, 0.25) is 0 Å². The quantitative estimate of drug-likeness (QED) is 0.699. The summed E-state index contributed by atoms with van der Waals surface area (Å²) in [5.74, 6) is 0.971. The molecule has 0 aromatic heterocycles. The SMILES string of the molecule is CCCC(NCC1(OC)CCC1)C1CC1. The maximum Gasteiger partial charge on any atom is 0.0802 e. The van der Waals surface area contributed by atoms with Crippen LogP contribution in [0, 0.1) is 5.92 Å². The summed E-state index contributed by atoms with van der Waals surface area (Å²) in [6, 6.07) is 0.766. The summed E-state index contributed by atoms with van der Waals surface area (Å²) in [5, 5.41) is 3.75. The minimum atomic E-state index is 0.195. The van der Waals surface area contributed by atoms with Crippen LogP contribution >= 0.6 is 0 Å². The molecule has 1 atom stereocenters. The number of hydrogen-bond donors (Lipinski definition) is 1. The molecule has 2 aliphatic carbocycles. The number of rotatable bonds is 7. The van der Waals surface area contributed by atoms with Gasteiger partial charge in [-0.1, -0.05) is 13.3 Å². The first-order valence-corrected chi connectivity index (χ1v) is 6.58. The molecule has 1 unspecified atom stereocenters. The van der Waals surface area contributed by atoms with E-state index in [1.165, 1.54) is 44.9 Å². The lowest BCUT2D eigenvalue weighted by atomic mass is 9.79. The van der Waals surface area contributed by atoms with Crippen LogP contribution in [0.25, 0.3) is 0 Å². The van der Waals surface area contributed by atoms with Crippen LogP contribution in [0.15, 0.2) is 0 Å². The Labute approximate surface area is 93.8 Å². The molecule has 0 aromatic carbocycles. The van der Waals surface area contributed by atoms with Gasteiger partial charge in [-0.15, -0.1) is 0 Å². The second-order valence-corrected chi connectivity index (χ2v) is 5.35. The Morgan fingerprint density at radius 3 is 2.53 bits per heavy atom. The zero-order valence-corrected chi connectivity index (χ0v) is 10.2. The summed E-state index contributed by atoms with van der Waals surface area (Å²) >= 11 is 0. The van der Waals surface area contributed by atoms with Gasteiger partial charge in [0.25, 0.3) is 0 Å². The number of methoxy groups -OCH3 is 1. The molecular formula is C13H25NO. The van der Waals surface area contributed by atoms with Crippen molar-refractivity contribution in [3.63, 3.8) is 0 Å². The van der Waals surface area contributed by atoms with Crippen LogP contribution in [0.2, 0.25) is 0 Å². The van der Waals surface area contributed by atoms with E-state index >= 15 is 0 Å². The van der Waals surface area contributed by atoms with Gasteiger partial charge >= 0.3 is 0 Å². The molecule has 2 saturated carbocycles. The Morgan fingerprint density at radius 2 is 2.13 bits per heavy atom. The molecule has 2 nitrogen and oxygen atoms in total. The molecular weight excluding hydrogens is 186 g/mol. The van der Waals surface area contributed by atoms with E-state index in [-0.39, 0.29) is 5.60 Å². The van der Waals surface area contributed by atoms with Crippen LogP contribution in [0.5, 0.6) is 0 Å². The standard InChI is InChI=1S/C13H25NO/c1-3-5-12(11-6-7-11)14-10-13(15-2)8-4-9-13/h11-12,14H,3-10H2,1-2H3. The molecule has 0 radical (unpaired) electrons. The monoisotopic (exact) mass is 211 g/mol. The van der Waals surface area contributed by atoms with Gasteiger partial charge in [-0.3, -0.25) is 0 Å². The van der Waals surface area contributed by atoms with Crippen molar-refractivity contribution in [3.8, 4) is 0 Å². The highest BCUT2D eigenvalue weighted by Gasteiger charge is 2.38. The third-order valence-electron chi connectivity index (χ3n) is 4.17. The van der Waals surface area contributed by atoms with Gasteiger partial charge in [0.15, 0.2) is 0 Å². The third-order valence-corrected chi connectivity index (χ3v) is 4.17. The van der Waals surface area contributed by atoms with Crippen LogP contribution in [-0.2, 0) is 4.74 Å². The van der Waals surface area contributed by atoms with Gasteiger partial charge in [-0.2, -0.15) is 0 Å². The van der Waals surface area contributed by atoms with Crippen LogP contribution in [0.1, 0.15) is 51.9 Å². The molecule has 2 rings (SSSR count). The molecule has 0 bridgehead atoms. The van der Waals surface area contributed by atoms with E-state index in [1.54, 1.807) is 0 Å². The van der Waals surface area contributed by atoms with Crippen molar-refractivity contribution < 1.29 is 4.74 Å². The average molecular weight is 211 g/mol. The zero-order chi connectivity index (χ0) is 10.7. The van der Waals surface area contributed by atoms with Gasteiger partial charge in [-0.05, 0) is 44.4 Å². The van der Waals surface area contributed by atoms with Crippen LogP contribution in [-0.4, -0.2) is 25.3 Å². The fraction of sp³-hybridized carbons (Fsp3) is 1.00. The molecule has 0 heterocycles. The number of hydrogen-bond acceptors (Lipinski definition) is 2. The van der Waals surface area contributed by atoms with E-state index in [9.17, 15) is 0 Å². The van der Waals surface area contributed by atoms with Crippen molar-refractivity contribution in [3.05, 3.63) is 0 Å². The molecule has 2 heteroatoms. The Bertz CT molecular complexity index is 191. The van der Waals surface area contributed by atoms with Crippen molar-refractivity contribution in [1.82, 2.24) is 5.32 Å². The average Bonchev–Trinajstić information content (AvgIpc) is 2.98. The topological polar surface area (TPSA) is 21.3 Å². The van der Waals surface area contributed by atoms with Gasteiger partial charge < -0.3 is 10.1 Å². The van der Waals surface area contributed by atoms with E-state index in [4.69, 9.17) is 4.74 Å². The number of nitrogens with one attached hydrogen (secondary N) is 1. The molecule has 0 saturated heterocycles. The maximum absolute atomic E-state index is 5.64. The minimum Gasteiger partial charge on any atom is -0.377 e. The van der Waals surface area contributed by atoms with E-state index in [0.717, 1.165) is 18.5 Å². The highest BCUT2D eigenvalue weighted by Crippen LogP contribution is 2.37. The highest BCUT2D eigenvalue weighted by molar-refractivity contribution is 4.94. The van der Waals surface area contributed by atoms with Crippen molar-refractivity contribution in [2.45, 2.75) is 63.5 Å². The van der Waals surface area contributed by atoms with E-state index in [0.29, 0.717) is 0 Å². The van der Waals surface area contributed by atoms with Crippen LogP contribution in [0.4, 0.5) is 0 Å². The van der Waals surface area contributed by atoms with Crippen molar-refractivity contribution >= 4 is 0 Å². The van der Waals surface area contributed by atoms with Gasteiger partial charge in [0.05, 0.1) is 5.60 Å². The third kappa shape index (κ3) is 2.73. The smallest absolute Gasteiger partial charge is 0.0802 e. The summed E-state index contributed by atoms with van der Waals surface area (Å²) in [6.07, 6.45) is 9.37. The molecule has 2 aliphatic rings. The predicted molar refractivity (Wildman–Crippen MR) is 63.0 cm³/mol. The first kappa shape index (κ1) is 11.4. The van der Waals surface area contributed by atoms with Gasteiger partial charge in [0, 0.05) is 19.7 Å². The molecule has 0 amide bonds. The highest BCUT2D eigenvalue weighted by atomic mass is 16.5. The molecule has 0 aliphatic heterocycles. The summed E-state index contributed by atoms with van der Waals surface area (Å²) < 4.78 is 5.64. The maximum atomic E-state index is 5.64. The Kier molecular flexibility index (Phi) is 3.68. The Hall–Kier alpha value is -0.0800. The first-order valence-electron chi connectivity index (χ1n) is 6.58. The summed E-state index contributed by atoms with van der Waals surface area (Å²) in [7, 11) is 1.87. The second kappa shape index (κ2) is 4.84. The molecule has 2 fully saturated rings. The zero-order valence-electron chi connectivity index (χ0n) is 10.2. The minimum absolute atomic E-state index is 0.195. The summed E-state index contributed by atoms with van der Waals surface area (Å²) in [4.78, 5) is 0. The summed E-state index contributed by atoms with van der Waals surface area (Å²) in [5.41, 5.74) is 0.195. The first-order chi connectivity index (χ1) is 7.29. The van der Waals surface area contributed by atoms with Crippen molar-refractivity contribution in [2.24, 2.45) is 5.92 Å². The molecule has 15 heavy (non-hydrogen) atoms. The van der Waals surface area contributed by atoms with Crippen molar-refractivity contribution in [2.75, 3.05) is 13.7 Å². The second-order valence-electron chi connectivity index (χ2n) is 5.35. The van der Waals surface area contributed by atoms with Gasteiger partial charge in [-0.25, -0.2) is 0 Å². The van der Waals surface area contributed by atoms with E-state index < -0.39 is 0 Å². The molecule has 1 N–H and O–H groups in total. The molecule has 0 aromatic rings. The fourth-order valence-electron chi connectivity index (χ4n) is 2.66. The Balaban J connectivity index is 1.74. The lowest BCUT2D eigenvalue weighted by Gasteiger charge is -2.41. The molecule has 88 valence electrons. The van der Waals surface area contributed by atoms with Crippen molar-refractivity contribution in [1.29, 1.82) is 0 Å².